The van der Waals surface area contributed by atoms with Gasteiger partial charge in [-0.3, -0.25) is 4.79 Å². The molecule has 0 unspecified atom stereocenters. The second-order valence-electron chi connectivity index (χ2n) is 6.53. The molecular formula is C21H22ClNO3S. The first kappa shape index (κ1) is 19.6. The van der Waals surface area contributed by atoms with Gasteiger partial charge in [0.25, 0.3) is 0 Å². The van der Waals surface area contributed by atoms with Crippen molar-refractivity contribution in [2.75, 3.05) is 0 Å². The van der Waals surface area contributed by atoms with Gasteiger partial charge in [0.15, 0.2) is 0 Å². The lowest BCUT2D eigenvalue weighted by molar-refractivity contribution is 0.591. The third kappa shape index (κ3) is 3.80. The summed E-state index contributed by atoms with van der Waals surface area (Å²) in [5, 5.41) is 0.890. The van der Waals surface area contributed by atoms with Crippen molar-refractivity contribution in [1.82, 2.24) is 4.57 Å². The fourth-order valence-electron chi connectivity index (χ4n) is 3.08. The normalized spacial score (nSPS) is 11.8. The number of benzene rings is 2. The van der Waals surface area contributed by atoms with Crippen molar-refractivity contribution in [2.24, 2.45) is 0 Å². The summed E-state index contributed by atoms with van der Waals surface area (Å²) in [6.45, 7) is 4.73. The molecular weight excluding hydrogens is 382 g/mol. The molecule has 1 aromatic heterocycles. The first-order valence-electron chi connectivity index (χ1n) is 9.05. The zero-order valence-corrected chi connectivity index (χ0v) is 17.0. The number of sulfone groups is 1. The Morgan fingerprint density at radius 1 is 1.04 bits per heavy atom. The predicted molar refractivity (Wildman–Crippen MR) is 109 cm³/mol. The molecule has 0 radical (unpaired) electrons. The van der Waals surface area contributed by atoms with Gasteiger partial charge in [-0.05, 0) is 54.8 Å². The molecule has 27 heavy (non-hydrogen) atoms. The maximum Gasteiger partial charge on any atom is 0.211 e. The number of aromatic nitrogens is 1. The standard InChI is InChI=1S/C21H22ClNO3S/c1-3-5-12-23-14-20(27(25,26)17-9-7-16(22)8-10-17)21(24)18-13-15(4-2)6-11-19(18)23/h6-11,13-14H,3-5,12H2,1-2H3. The van der Waals surface area contributed by atoms with Gasteiger partial charge < -0.3 is 4.57 Å². The van der Waals surface area contributed by atoms with Gasteiger partial charge in [-0.1, -0.05) is 37.9 Å². The van der Waals surface area contributed by atoms with Crippen molar-refractivity contribution >= 4 is 32.3 Å². The summed E-state index contributed by atoms with van der Waals surface area (Å²) in [4.78, 5) is 13.0. The Hall–Kier alpha value is -2.11. The molecule has 3 aromatic rings. The number of fused-ring (bicyclic) bond motifs is 1. The summed E-state index contributed by atoms with van der Waals surface area (Å²) < 4.78 is 28.1. The Labute approximate surface area is 164 Å². The van der Waals surface area contributed by atoms with Crippen LogP contribution in [0.25, 0.3) is 10.9 Å². The molecule has 0 spiro atoms. The van der Waals surface area contributed by atoms with Crippen molar-refractivity contribution in [3.63, 3.8) is 0 Å². The molecule has 4 nitrogen and oxygen atoms in total. The van der Waals surface area contributed by atoms with Crippen LogP contribution in [0.4, 0.5) is 0 Å². The lowest BCUT2D eigenvalue weighted by Gasteiger charge is -2.14. The SMILES string of the molecule is CCCCn1cc(S(=O)(=O)c2ccc(Cl)cc2)c(=O)c2cc(CC)ccc21. The van der Waals surface area contributed by atoms with Crippen LogP contribution >= 0.6 is 11.6 Å². The Morgan fingerprint density at radius 2 is 1.74 bits per heavy atom. The average molecular weight is 404 g/mol. The number of aryl methyl sites for hydroxylation is 2. The van der Waals surface area contributed by atoms with Crippen LogP contribution in [-0.2, 0) is 22.8 Å². The van der Waals surface area contributed by atoms with Gasteiger partial charge in [-0.15, -0.1) is 0 Å². The molecule has 6 heteroatoms. The number of hydrogen-bond acceptors (Lipinski definition) is 3. The van der Waals surface area contributed by atoms with E-state index in [9.17, 15) is 13.2 Å². The summed E-state index contributed by atoms with van der Waals surface area (Å²) in [6.07, 6.45) is 4.13. The number of pyridine rings is 1. The molecule has 0 aliphatic carbocycles. The van der Waals surface area contributed by atoms with Gasteiger partial charge >= 0.3 is 0 Å². The van der Waals surface area contributed by atoms with Gasteiger partial charge in [0, 0.05) is 23.2 Å². The van der Waals surface area contributed by atoms with E-state index in [1.165, 1.54) is 30.5 Å². The second kappa shape index (κ2) is 7.87. The number of unbranched alkanes of at least 4 members (excludes halogenated alkanes) is 1. The van der Waals surface area contributed by atoms with Gasteiger partial charge in [-0.25, -0.2) is 8.42 Å². The molecule has 0 saturated carbocycles. The fourth-order valence-corrected chi connectivity index (χ4v) is 4.58. The highest BCUT2D eigenvalue weighted by atomic mass is 35.5. The quantitative estimate of drug-likeness (QED) is 0.591. The summed E-state index contributed by atoms with van der Waals surface area (Å²) in [5.41, 5.74) is 1.31. The number of rotatable bonds is 6. The first-order chi connectivity index (χ1) is 12.9. The Kier molecular flexibility index (Phi) is 5.72. The van der Waals surface area contributed by atoms with E-state index < -0.39 is 15.3 Å². The molecule has 0 amide bonds. The number of hydrogen-bond donors (Lipinski definition) is 0. The van der Waals surface area contributed by atoms with Crippen LogP contribution in [0.15, 0.2) is 63.2 Å². The molecule has 0 N–H and O–H groups in total. The van der Waals surface area contributed by atoms with E-state index in [4.69, 9.17) is 11.6 Å². The average Bonchev–Trinajstić information content (AvgIpc) is 2.67. The second-order valence-corrected chi connectivity index (χ2v) is 8.89. The molecule has 0 fully saturated rings. The van der Waals surface area contributed by atoms with Crippen molar-refractivity contribution < 1.29 is 8.42 Å². The van der Waals surface area contributed by atoms with E-state index in [-0.39, 0.29) is 9.79 Å². The summed E-state index contributed by atoms with van der Waals surface area (Å²) in [7, 11) is -3.94. The third-order valence-corrected chi connectivity index (χ3v) is 6.70. The minimum absolute atomic E-state index is 0.0667. The van der Waals surface area contributed by atoms with Crippen LogP contribution in [0.3, 0.4) is 0 Å². The lowest BCUT2D eigenvalue weighted by Crippen LogP contribution is -2.19. The van der Waals surface area contributed by atoms with Gasteiger partial charge in [0.2, 0.25) is 15.3 Å². The molecule has 2 aromatic carbocycles. The van der Waals surface area contributed by atoms with Crippen LogP contribution < -0.4 is 5.43 Å². The van der Waals surface area contributed by atoms with E-state index >= 15 is 0 Å². The molecule has 0 atom stereocenters. The summed E-state index contributed by atoms with van der Waals surface area (Å²) in [6, 6.07) is 11.6. The molecule has 142 valence electrons. The van der Waals surface area contributed by atoms with Crippen LogP contribution in [0.2, 0.25) is 5.02 Å². The predicted octanol–water partition coefficient (Wildman–Crippen LogP) is 4.85. The first-order valence-corrected chi connectivity index (χ1v) is 10.9. The molecule has 0 bridgehead atoms. The lowest BCUT2D eigenvalue weighted by atomic mass is 10.1. The highest BCUT2D eigenvalue weighted by Gasteiger charge is 2.24. The maximum atomic E-state index is 13.1. The van der Waals surface area contributed by atoms with E-state index in [2.05, 4.69) is 6.92 Å². The maximum absolute atomic E-state index is 13.1. The Morgan fingerprint density at radius 3 is 2.37 bits per heavy atom. The molecule has 0 aliphatic heterocycles. The minimum atomic E-state index is -3.94. The van der Waals surface area contributed by atoms with E-state index in [1.54, 1.807) is 6.07 Å². The zero-order valence-electron chi connectivity index (χ0n) is 15.4. The number of nitrogens with zero attached hydrogens (tertiary/aromatic N) is 1. The van der Waals surface area contributed by atoms with Crippen LogP contribution in [-0.4, -0.2) is 13.0 Å². The topological polar surface area (TPSA) is 56.1 Å². The number of halogens is 1. The fraction of sp³-hybridized carbons (Fsp3) is 0.286. The summed E-state index contributed by atoms with van der Waals surface area (Å²) >= 11 is 5.87. The van der Waals surface area contributed by atoms with Crippen molar-refractivity contribution in [3.05, 3.63) is 69.5 Å². The molecule has 0 aliphatic rings. The molecule has 0 saturated heterocycles. The van der Waals surface area contributed by atoms with Gasteiger partial charge in [0.05, 0.1) is 10.4 Å². The van der Waals surface area contributed by atoms with Crippen LogP contribution in [0.5, 0.6) is 0 Å². The smallest absolute Gasteiger partial charge is 0.211 e. The monoisotopic (exact) mass is 403 g/mol. The van der Waals surface area contributed by atoms with Crippen LogP contribution in [0, 0.1) is 0 Å². The van der Waals surface area contributed by atoms with Crippen molar-refractivity contribution in [1.29, 1.82) is 0 Å². The van der Waals surface area contributed by atoms with E-state index in [1.807, 2.05) is 23.6 Å². The third-order valence-electron chi connectivity index (χ3n) is 4.69. The van der Waals surface area contributed by atoms with Gasteiger partial charge in [-0.2, -0.15) is 0 Å². The van der Waals surface area contributed by atoms with E-state index in [0.717, 1.165) is 30.3 Å². The highest BCUT2D eigenvalue weighted by molar-refractivity contribution is 7.91. The summed E-state index contributed by atoms with van der Waals surface area (Å²) in [5.74, 6) is 0. The highest BCUT2D eigenvalue weighted by Crippen LogP contribution is 2.23. The zero-order chi connectivity index (χ0) is 19.6. The van der Waals surface area contributed by atoms with Crippen molar-refractivity contribution in [3.8, 4) is 0 Å². The minimum Gasteiger partial charge on any atom is -0.346 e. The molecule has 3 rings (SSSR count). The van der Waals surface area contributed by atoms with E-state index in [0.29, 0.717) is 17.0 Å². The van der Waals surface area contributed by atoms with Crippen molar-refractivity contribution in [2.45, 2.75) is 49.4 Å². The largest absolute Gasteiger partial charge is 0.346 e. The van der Waals surface area contributed by atoms with Crippen LogP contribution in [0.1, 0.15) is 32.3 Å². The van der Waals surface area contributed by atoms with Gasteiger partial charge in [0.1, 0.15) is 4.90 Å². The Bertz CT molecular complexity index is 1130. The molecule has 1 heterocycles. The Balaban J connectivity index is 2.30.